The molecule has 8 heteroatoms. The molecule has 120 valence electrons. The highest BCUT2D eigenvalue weighted by molar-refractivity contribution is 6.05. The van der Waals surface area contributed by atoms with Gasteiger partial charge in [0, 0.05) is 11.8 Å². The van der Waals surface area contributed by atoms with Crippen LogP contribution in [0.25, 0.3) is 0 Å². The molecule has 0 atom stereocenters. The van der Waals surface area contributed by atoms with Crippen molar-refractivity contribution in [3.8, 4) is 0 Å². The molecule has 2 aromatic rings. The van der Waals surface area contributed by atoms with Gasteiger partial charge in [0.15, 0.2) is 5.82 Å². The monoisotopic (exact) mass is 324 g/mol. The van der Waals surface area contributed by atoms with Gasteiger partial charge < -0.3 is 10.1 Å². The van der Waals surface area contributed by atoms with E-state index in [1.807, 2.05) is 0 Å². The Kier molecular flexibility index (Phi) is 4.95. The number of ether oxygens (including phenoxy) is 1. The van der Waals surface area contributed by atoms with Gasteiger partial charge in [-0.1, -0.05) is 6.07 Å². The number of aromatic nitrogens is 1. The number of benzene rings is 1. The highest BCUT2D eigenvalue weighted by Crippen LogP contribution is 2.16. The minimum atomic E-state index is -1.71. The maximum absolute atomic E-state index is 13.5. The predicted molar refractivity (Wildman–Crippen MR) is 74.5 cm³/mol. The smallest absolute Gasteiger partial charge is 0.338 e. The highest BCUT2D eigenvalue weighted by atomic mass is 19.2. The van der Waals surface area contributed by atoms with Crippen molar-refractivity contribution in [3.05, 3.63) is 59.2 Å². The van der Waals surface area contributed by atoms with Crippen LogP contribution >= 0.6 is 0 Å². The summed E-state index contributed by atoms with van der Waals surface area (Å²) in [5, 5.41) is 2.24. The average molecular weight is 324 g/mol. The summed E-state index contributed by atoms with van der Waals surface area (Å²) in [5.74, 6) is -6.28. The molecule has 1 amide bonds. The molecule has 0 saturated heterocycles. The van der Waals surface area contributed by atoms with Crippen LogP contribution in [0.5, 0.6) is 0 Å². The molecular weight excluding hydrogens is 313 g/mol. The van der Waals surface area contributed by atoms with Gasteiger partial charge in [0.05, 0.1) is 17.7 Å². The third kappa shape index (κ3) is 3.85. The molecule has 1 aromatic carbocycles. The molecule has 0 aliphatic heterocycles. The van der Waals surface area contributed by atoms with E-state index >= 15 is 0 Å². The number of esters is 1. The van der Waals surface area contributed by atoms with Crippen LogP contribution in [-0.4, -0.2) is 23.5 Å². The molecular formula is C15H11F3N2O3. The third-order valence-electron chi connectivity index (χ3n) is 2.76. The lowest BCUT2D eigenvalue weighted by Crippen LogP contribution is -2.16. The maximum Gasteiger partial charge on any atom is 0.338 e. The number of carbonyl (C=O) groups excluding carboxylic acids is 2. The summed E-state index contributed by atoms with van der Waals surface area (Å²) >= 11 is 0. The zero-order chi connectivity index (χ0) is 17.0. The molecule has 0 fully saturated rings. The minimum Gasteiger partial charge on any atom is -0.462 e. The lowest BCUT2D eigenvalue weighted by molar-refractivity contribution is 0.0526. The van der Waals surface area contributed by atoms with Crippen LogP contribution in [0.15, 0.2) is 30.3 Å². The van der Waals surface area contributed by atoms with Gasteiger partial charge in [0.2, 0.25) is 5.95 Å². The normalized spacial score (nSPS) is 10.3. The Morgan fingerprint density at radius 3 is 2.65 bits per heavy atom. The molecule has 2 rings (SSSR count). The number of rotatable bonds is 4. The number of carbonyl (C=O) groups is 2. The Hall–Kier alpha value is -2.90. The molecule has 0 saturated carbocycles. The fourth-order valence-corrected chi connectivity index (χ4v) is 1.77. The van der Waals surface area contributed by atoms with Crippen LogP contribution in [0, 0.1) is 17.7 Å². The number of nitrogens with one attached hydrogen (secondary N) is 1. The molecule has 23 heavy (non-hydrogen) atoms. The second kappa shape index (κ2) is 6.91. The number of halogens is 3. The van der Waals surface area contributed by atoms with Gasteiger partial charge in [-0.2, -0.15) is 13.8 Å². The summed E-state index contributed by atoms with van der Waals surface area (Å²) in [4.78, 5) is 26.1. The Labute approximate surface area is 129 Å². The van der Waals surface area contributed by atoms with Crippen LogP contribution in [0.2, 0.25) is 0 Å². The third-order valence-corrected chi connectivity index (χ3v) is 2.76. The van der Waals surface area contributed by atoms with Gasteiger partial charge >= 0.3 is 5.97 Å². The van der Waals surface area contributed by atoms with E-state index in [1.165, 1.54) is 24.3 Å². The van der Waals surface area contributed by atoms with Crippen molar-refractivity contribution < 1.29 is 27.5 Å². The van der Waals surface area contributed by atoms with Crippen molar-refractivity contribution in [1.82, 2.24) is 4.98 Å². The van der Waals surface area contributed by atoms with Crippen LogP contribution in [0.1, 0.15) is 27.6 Å². The van der Waals surface area contributed by atoms with Crippen molar-refractivity contribution in [1.29, 1.82) is 0 Å². The van der Waals surface area contributed by atoms with Gasteiger partial charge in [0.1, 0.15) is 0 Å². The van der Waals surface area contributed by atoms with Crippen LogP contribution in [0.3, 0.4) is 0 Å². The molecule has 1 aromatic heterocycles. The summed E-state index contributed by atoms with van der Waals surface area (Å²) in [6.45, 7) is 1.81. The molecule has 0 aliphatic carbocycles. The zero-order valence-corrected chi connectivity index (χ0v) is 11.9. The number of hydrogen-bond acceptors (Lipinski definition) is 4. The van der Waals surface area contributed by atoms with Gasteiger partial charge in [-0.05, 0) is 25.1 Å². The molecule has 1 heterocycles. The van der Waals surface area contributed by atoms with Crippen molar-refractivity contribution in [3.63, 3.8) is 0 Å². The number of pyridine rings is 1. The number of hydrogen-bond donors (Lipinski definition) is 1. The van der Waals surface area contributed by atoms with Gasteiger partial charge in [0.25, 0.3) is 11.9 Å². The van der Waals surface area contributed by atoms with E-state index in [4.69, 9.17) is 4.74 Å². The lowest BCUT2D eigenvalue weighted by Gasteiger charge is -2.08. The maximum atomic E-state index is 13.5. The second-order valence-electron chi connectivity index (χ2n) is 4.35. The average Bonchev–Trinajstić information content (AvgIpc) is 2.51. The fraction of sp³-hybridized carbons (Fsp3) is 0.133. The van der Waals surface area contributed by atoms with Crippen molar-refractivity contribution >= 4 is 17.6 Å². The Morgan fingerprint density at radius 1 is 1.22 bits per heavy atom. The summed E-state index contributed by atoms with van der Waals surface area (Å²) in [5.41, 5.74) is -0.536. The Balaban J connectivity index is 2.24. The number of anilines is 1. The van der Waals surface area contributed by atoms with Crippen LogP contribution in [-0.2, 0) is 4.74 Å². The van der Waals surface area contributed by atoms with Gasteiger partial charge in [-0.3, -0.25) is 4.79 Å². The predicted octanol–water partition coefficient (Wildman–Crippen LogP) is 2.93. The first-order chi connectivity index (χ1) is 10.9. The van der Waals surface area contributed by atoms with Crippen LogP contribution in [0.4, 0.5) is 18.9 Å². The summed E-state index contributed by atoms with van der Waals surface area (Å²) in [7, 11) is 0. The largest absolute Gasteiger partial charge is 0.462 e. The van der Waals surface area contributed by atoms with E-state index in [0.29, 0.717) is 6.07 Å². The summed E-state index contributed by atoms with van der Waals surface area (Å²) in [6.07, 6.45) is 0. The summed E-state index contributed by atoms with van der Waals surface area (Å²) < 4.78 is 44.3. The van der Waals surface area contributed by atoms with Gasteiger partial charge in [-0.25, -0.2) is 9.18 Å². The molecule has 5 nitrogen and oxygen atoms in total. The molecule has 0 unspecified atom stereocenters. The van der Waals surface area contributed by atoms with E-state index in [1.54, 1.807) is 6.92 Å². The van der Waals surface area contributed by atoms with Crippen LogP contribution < -0.4 is 5.32 Å². The first-order valence-corrected chi connectivity index (χ1v) is 6.52. The second-order valence-corrected chi connectivity index (χ2v) is 4.35. The fourth-order valence-electron chi connectivity index (χ4n) is 1.77. The van der Waals surface area contributed by atoms with E-state index < -0.39 is 35.2 Å². The van der Waals surface area contributed by atoms with Crippen molar-refractivity contribution in [2.24, 2.45) is 0 Å². The zero-order valence-electron chi connectivity index (χ0n) is 11.9. The van der Waals surface area contributed by atoms with E-state index in [9.17, 15) is 22.8 Å². The number of amides is 1. The first-order valence-electron chi connectivity index (χ1n) is 6.52. The first kappa shape index (κ1) is 16.5. The van der Waals surface area contributed by atoms with Crippen molar-refractivity contribution in [2.45, 2.75) is 6.92 Å². The summed E-state index contributed by atoms with van der Waals surface area (Å²) in [6, 6.07) is 6.11. The lowest BCUT2D eigenvalue weighted by atomic mass is 10.2. The molecule has 0 radical (unpaired) electrons. The Bertz CT molecular complexity index is 766. The van der Waals surface area contributed by atoms with E-state index in [2.05, 4.69) is 10.3 Å². The molecule has 1 N–H and O–H groups in total. The highest BCUT2D eigenvalue weighted by Gasteiger charge is 2.19. The van der Waals surface area contributed by atoms with Gasteiger partial charge in [-0.15, -0.1) is 0 Å². The van der Waals surface area contributed by atoms with Crippen molar-refractivity contribution in [2.75, 3.05) is 11.9 Å². The SMILES string of the molecule is CCOC(=O)c1cccc(NC(=O)c2cc(F)nc(F)c2F)c1. The van der Waals surface area contributed by atoms with E-state index in [-0.39, 0.29) is 17.9 Å². The van der Waals surface area contributed by atoms with E-state index in [0.717, 1.165) is 0 Å². The molecule has 0 spiro atoms. The standard InChI is InChI=1S/C15H11F3N2O3/c1-2-23-15(22)8-4-3-5-9(6-8)19-14(21)10-7-11(16)20-13(18)12(10)17/h3-7H,2H2,1H3,(H,19,21). The Morgan fingerprint density at radius 2 is 1.96 bits per heavy atom. The topological polar surface area (TPSA) is 68.3 Å². The molecule has 0 bridgehead atoms. The quantitative estimate of drug-likeness (QED) is 0.693. The minimum absolute atomic E-state index is 0.137. The molecule has 0 aliphatic rings. The number of nitrogens with zero attached hydrogens (tertiary/aromatic N) is 1.